The fraction of sp³-hybridized carbons (Fsp3) is 0.833. The molecule has 0 saturated carbocycles. The Morgan fingerprint density at radius 1 is 1.16 bits per heavy atom. The summed E-state index contributed by atoms with van der Waals surface area (Å²) in [5.41, 5.74) is 0. The van der Waals surface area contributed by atoms with Gasteiger partial charge in [-0.1, -0.05) is 13.8 Å². The molecule has 19 heavy (non-hydrogen) atoms. The molecule has 112 valence electrons. The van der Waals surface area contributed by atoms with Gasteiger partial charge in [0.25, 0.3) is 0 Å². The van der Waals surface area contributed by atoms with Crippen LogP contribution in [0.2, 0.25) is 0 Å². The highest BCUT2D eigenvalue weighted by Gasteiger charge is 2.19. The molecule has 7 heteroatoms. The van der Waals surface area contributed by atoms with Crippen LogP contribution < -0.4 is 10.6 Å². The van der Waals surface area contributed by atoms with E-state index < -0.39 is 28.7 Å². The van der Waals surface area contributed by atoms with Crippen molar-refractivity contribution in [3.63, 3.8) is 0 Å². The van der Waals surface area contributed by atoms with E-state index in [1.807, 2.05) is 13.8 Å². The van der Waals surface area contributed by atoms with Gasteiger partial charge in [0.2, 0.25) is 0 Å². The van der Waals surface area contributed by atoms with Crippen LogP contribution in [0.1, 0.15) is 27.2 Å². The van der Waals surface area contributed by atoms with Gasteiger partial charge >= 0.3 is 12.0 Å². The average Bonchev–Trinajstić information content (AvgIpc) is 2.30. The summed E-state index contributed by atoms with van der Waals surface area (Å²) in [5, 5.41) is 14.0. The van der Waals surface area contributed by atoms with Crippen molar-refractivity contribution in [2.75, 3.05) is 19.3 Å². The van der Waals surface area contributed by atoms with Crippen molar-refractivity contribution in [2.45, 2.75) is 32.4 Å². The minimum absolute atomic E-state index is 0.100. The minimum Gasteiger partial charge on any atom is -0.481 e. The SMILES string of the molecule is CC(C)CC(CNC(=O)NCC(C)S(C)=O)C(=O)O. The number of amides is 2. The third-order valence-electron chi connectivity index (χ3n) is 2.73. The standard InChI is InChI=1S/C12H24N2O4S/c1-8(2)5-10(11(15)16)7-14-12(17)13-6-9(3)19(4)18/h8-10H,5-7H2,1-4H3,(H,15,16)(H2,13,14,17). The maximum Gasteiger partial charge on any atom is 0.314 e. The minimum atomic E-state index is -0.991. The smallest absolute Gasteiger partial charge is 0.314 e. The quantitative estimate of drug-likeness (QED) is 0.616. The number of carbonyl (C=O) groups is 2. The predicted molar refractivity (Wildman–Crippen MR) is 75.5 cm³/mol. The average molecular weight is 292 g/mol. The number of carboxylic acid groups (broad SMARTS) is 1. The van der Waals surface area contributed by atoms with Crippen molar-refractivity contribution < 1.29 is 18.9 Å². The van der Waals surface area contributed by atoms with E-state index in [2.05, 4.69) is 10.6 Å². The Labute approximate surface area is 116 Å². The topological polar surface area (TPSA) is 95.5 Å². The van der Waals surface area contributed by atoms with Gasteiger partial charge in [-0.25, -0.2) is 4.79 Å². The molecule has 0 aromatic rings. The fourth-order valence-corrected chi connectivity index (χ4v) is 1.79. The molecule has 0 saturated heterocycles. The normalized spacial score (nSPS) is 15.6. The second-order valence-electron chi connectivity index (χ2n) is 5.06. The summed E-state index contributed by atoms with van der Waals surface area (Å²) in [5.74, 6) is -1.23. The first-order valence-electron chi connectivity index (χ1n) is 6.30. The lowest BCUT2D eigenvalue weighted by Gasteiger charge is -2.16. The Balaban J connectivity index is 4.05. The van der Waals surface area contributed by atoms with Crippen molar-refractivity contribution in [1.82, 2.24) is 10.6 Å². The highest BCUT2D eigenvalue weighted by atomic mass is 32.2. The first-order chi connectivity index (χ1) is 8.73. The summed E-state index contributed by atoms with van der Waals surface area (Å²) >= 11 is 0. The number of hydrogen-bond acceptors (Lipinski definition) is 3. The van der Waals surface area contributed by atoms with Gasteiger partial charge in [0.1, 0.15) is 0 Å². The Morgan fingerprint density at radius 3 is 2.11 bits per heavy atom. The molecule has 0 fully saturated rings. The third kappa shape index (κ3) is 8.58. The Bertz CT molecular complexity index is 334. The number of nitrogens with one attached hydrogen (secondary N) is 2. The molecule has 3 unspecified atom stereocenters. The maximum atomic E-state index is 11.5. The summed E-state index contributed by atoms with van der Waals surface area (Å²) in [6.07, 6.45) is 2.10. The molecule has 0 aliphatic rings. The molecular formula is C12H24N2O4S. The van der Waals surface area contributed by atoms with E-state index in [4.69, 9.17) is 5.11 Å². The van der Waals surface area contributed by atoms with Crippen LogP contribution in [-0.2, 0) is 15.6 Å². The molecule has 0 aromatic carbocycles. The lowest BCUT2D eigenvalue weighted by Crippen LogP contribution is -2.43. The third-order valence-corrected chi connectivity index (χ3v) is 4.03. The molecule has 0 aliphatic carbocycles. The Kier molecular flexibility index (Phi) is 8.38. The van der Waals surface area contributed by atoms with Crippen molar-refractivity contribution in [3.8, 4) is 0 Å². The van der Waals surface area contributed by atoms with Crippen molar-refractivity contribution in [2.24, 2.45) is 11.8 Å². The van der Waals surface area contributed by atoms with Gasteiger partial charge in [-0.15, -0.1) is 0 Å². The largest absolute Gasteiger partial charge is 0.481 e. The van der Waals surface area contributed by atoms with Gasteiger partial charge in [0, 0.05) is 35.4 Å². The molecule has 3 atom stereocenters. The fourth-order valence-electron chi connectivity index (χ4n) is 1.47. The number of hydrogen-bond donors (Lipinski definition) is 3. The molecule has 6 nitrogen and oxygen atoms in total. The summed E-state index contributed by atoms with van der Waals surface area (Å²) in [6.45, 7) is 6.05. The summed E-state index contributed by atoms with van der Waals surface area (Å²) in [6, 6.07) is -0.424. The molecule has 0 bridgehead atoms. The number of aliphatic carboxylic acids is 1. The van der Waals surface area contributed by atoms with E-state index in [9.17, 15) is 13.8 Å². The van der Waals surface area contributed by atoms with Gasteiger partial charge in [-0.05, 0) is 19.3 Å². The molecule has 0 spiro atoms. The molecule has 2 amide bonds. The molecule has 0 heterocycles. The summed E-state index contributed by atoms with van der Waals surface area (Å²) in [4.78, 5) is 22.5. The zero-order valence-corrected chi connectivity index (χ0v) is 12.8. The second kappa shape index (κ2) is 8.90. The van der Waals surface area contributed by atoms with E-state index in [0.29, 0.717) is 13.0 Å². The van der Waals surface area contributed by atoms with Crippen LogP contribution in [0.4, 0.5) is 4.79 Å². The van der Waals surface area contributed by atoms with Crippen LogP contribution in [0.5, 0.6) is 0 Å². The monoisotopic (exact) mass is 292 g/mol. The van der Waals surface area contributed by atoms with Crippen LogP contribution in [0.3, 0.4) is 0 Å². The number of urea groups is 1. The van der Waals surface area contributed by atoms with E-state index in [0.717, 1.165) is 0 Å². The highest BCUT2D eigenvalue weighted by molar-refractivity contribution is 7.84. The van der Waals surface area contributed by atoms with Crippen molar-refractivity contribution in [3.05, 3.63) is 0 Å². The van der Waals surface area contributed by atoms with Gasteiger partial charge in [-0.3, -0.25) is 9.00 Å². The Morgan fingerprint density at radius 2 is 1.68 bits per heavy atom. The highest BCUT2D eigenvalue weighted by Crippen LogP contribution is 2.10. The van der Waals surface area contributed by atoms with Crippen LogP contribution in [0.15, 0.2) is 0 Å². The van der Waals surface area contributed by atoms with Crippen LogP contribution in [0.25, 0.3) is 0 Å². The van der Waals surface area contributed by atoms with Crippen molar-refractivity contribution in [1.29, 1.82) is 0 Å². The van der Waals surface area contributed by atoms with Crippen LogP contribution >= 0.6 is 0 Å². The lowest BCUT2D eigenvalue weighted by molar-refractivity contribution is -0.142. The van der Waals surface area contributed by atoms with E-state index in [1.165, 1.54) is 0 Å². The van der Waals surface area contributed by atoms with Gasteiger partial charge in [0.05, 0.1) is 5.92 Å². The van der Waals surface area contributed by atoms with E-state index in [1.54, 1.807) is 13.2 Å². The summed E-state index contributed by atoms with van der Waals surface area (Å²) < 4.78 is 11.1. The first kappa shape index (κ1) is 17.9. The first-order valence-corrected chi connectivity index (χ1v) is 7.92. The second-order valence-corrected chi connectivity index (χ2v) is 6.87. The molecule has 0 aliphatic heterocycles. The molecule has 0 rings (SSSR count). The van der Waals surface area contributed by atoms with Gasteiger partial charge < -0.3 is 15.7 Å². The van der Waals surface area contributed by atoms with E-state index in [-0.39, 0.29) is 17.7 Å². The predicted octanol–water partition coefficient (Wildman–Crippen LogP) is 0.799. The molecular weight excluding hydrogens is 268 g/mol. The lowest BCUT2D eigenvalue weighted by atomic mass is 9.97. The van der Waals surface area contributed by atoms with Gasteiger partial charge in [0.15, 0.2) is 0 Å². The van der Waals surface area contributed by atoms with Crippen molar-refractivity contribution >= 4 is 22.8 Å². The summed E-state index contributed by atoms with van der Waals surface area (Å²) in [7, 11) is -0.991. The van der Waals surface area contributed by atoms with Gasteiger partial charge in [-0.2, -0.15) is 0 Å². The van der Waals surface area contributed by atoms with Crippen LogP contribution in [0, 0.1) is 11.8 Å². The molecule has 3 N–H and O–H groups in total. The van der Waals surface area contributed by atoms with E-state index >= 15 is 0 Å². The number of carboxylic acids is 1. The van der Waals surface area contributed by atoms with Crippen LogP contribution in [-0.4, -0.2) is 45.9 Å². The Hall–Kier alpha value is -1.11. The zero-order chi connectivity index (χ0) is 15.0. The molecule has 0 aromatic heterocycles. The molecule has 0 radical (unpaired) electrons. The maximum absolute atomic E-state index is 11.5. The zero-order valence-electron chi connectivity index (χ0n) is 11.9. The number of rotatable bonds is 8. The number of carbonyl (C=O) groups excluding carboxylic acids is 1.